The van der Waals surface area contributed by atoms with Gasteiger partial charge < -0.3 is 24.5 Å². The first-order chi connectivity index (χ1) is 14.1. The fourth-order valence-corrected chi connectivity index (χ4v) is 3.00. The van der Waals surface area contributed by atoms with E-state index in [4.69, 9.17) is 13.9 Å². The summed E-state index contributed by atoms with van der Waals surface area (Å²) in [6.45, 7) is 6.85. The van der Waals surface area contributed by atoms with Crippen LogP contribution in [0.15, 0.2) is 41.0 Å². The Morgan fingerprint density at radius 2 is 2.00 bits per heavy atom. The van der Waals surface area contributed by atoms with Crippen LogP contribution in [0.25, 0.3) is 0 Å². The van der Waals surface area contributed by atoms with Crippen LogP contribution in [-0.2, 0) is 16.1 Å². The van der Waals surface area contributed by atoms with Gasteiger partial charge in [-0.3, -0.25) is 14.5 Å². The number of amides is 2. The number of nitrogens with zero attached hydrogens (tertiary/aromatic N) is 1. The number of benzene rings is 1. The minimum atomic E-state index is -0.331. The summed E-state index contributed by atoms with van der Waals surface area (Å²) in [5, 5.41) is 5.38. The van der Waals surface area contributed by atoms with E-state index in [0.717, 1.165) is 44.2 Å². The standard InChI is InChI=1S/C21H27N3O5/c1-16-19(5-9-28-16)21(26)23-15-20(25)22-14-17-3-2-4-18(13-17)29-12-8-24-6-10-27-11-7-24/h2-5,9,13H,6-8,10-12,14-15H2,1H3,(H,22,25)(H,23,26). The summed E-state index contributed by atoms with van der Waals surface area (Å²) in [5.41, 5.74) is 1.36. The summed E-state index contributed by atoms with van der Waals surface area (Å²) in [6.07, 6.45) is 1.44. The number of carbonyl (C=O) groups is 2. The maximum atomic E-state index is 12.0. The molecule has 2 amide bonds. The molecule has 2 N–H and O–H groups in total. The molecular formula is C21H27N3O5. The maximum Gasteiger partial charge on any atom is 0.255 e. The molecule has 0 bridgehead atoms. The minimum absolute atomic E-state index is 0.0980. The summed E-state index contributed by atoms with van der Waals surface area (Å²) >= 11 is 0. The normalized spacial score (nSPS) is 14.4. The minimum Gasteiger partial charge on any atom is -0.492 e. The van der Waals surface area contributed by atoms with Gasteiger partial charge in [0, 0.05) is 26.2 Å². The highest BCUT2D eigenvalue weighted by Gasteiger charge is 2.13. The molecule has 1 aromatic carbocycles. The summed E-state index contributed by atoms with van der Waals surface area (Å²) in [5.74, 6) is 0.697. The molecule has 1 aliphatic heterocycles. The average molecular weight is 401 g/mol. The number of aryl methyl sites for hydroxylation is 1. The van der Waals surface area contributed by atoms with Gasteiger partial charge in [-0.2, -0.15) is 0 Å². The Labute approximate surface area is 170 Å². The largest absolute Gasteiger partial charge is 0.492 e. The topological polar surface area (TPSA) is 93.0 Å². The second-order valence-electron chi connectivity index (χ2n) is 6.80. The molecule has 2 aromatic rings. The van der Waals surface area contributed by atoms with Crippen LogP contribution < -0.4 is 15.4 Å². The lowest BCUT2D eigenvalue weighted by atomic mass is 10.2. The molecule has 2 heterocycles. The van der Waals surface area contributed by atoms with Gasteiger partial charge in [0.05, 0.1) is 31.6 Å². The zero-order valence-electron chi connectivity index (χ0n) is 16.6. The van der Waals surface area contributed by atoms with E-state index in [1.165, 1.54) is 6.26 Å². The number of furan rings is 1. The predicted octanol–water partition coefficient (Wildman–Crippen LogP) is 1.35. The lowest BCUT2D eigenvalue weighted by molar-refractivity contribution is -0.120. The molecule has 1 fully saturated rings. The van der Waals surface area contributed by atoms with Gasteiger partial charge >= 0.3 is 0 Å². The molecule has 1 aromatic heterocycles. The first-order valence-corrected chi connectivity index (χ1v) is 9.72. The fourth-order valence-electron chi connectivity index (χ4n) is 3.00. The zero-order valence-corrected chi connectivity index (χ0v) is 16.6. The molecule has 29 heavy (non-hydrogen) atoms. The van der Waals surface area contributed by atoms with Crippen molar-refractivity contribution in [2.24, 2.45) is 0 Å². The highest BCUT2D eigenvalue weighted by Crippen LogP contribution is 2.13. The van der Waals surface area contributed by atoms with E-state index in [1.54, 1.807) is 13.0 Å². The van der Waals surface area contributed by atoms with Gasteiger partial charge in [-0.25, -0.2) is 0 Å². The third-order valence-electron chi connectivity index (χ3n) is 4.68. The van der Waals surface area contributed by atoms with Crippen molar-refractivity contribution in [3.8, 4) is 5.75 Å². The summed E-state index contributed by atoms with van der Waals surface area (Å²) in [6, 6.07) is 9.20. The summed E-state index contributed by atoms with van der Waals surface area (Å²) in [4.78, 5) is 26.3. The van der Waals surface area contributed by atoms with Crippen LogP contribution in [-0.4, -0.2) is 62.7 Å². The number of hydrogen-bond acceptors (Lipinski definition) is 6. The fraction of sp³-hybridized carbons (Fsp3) is 0.429. The smallest absolute Gasteiger partial charge is 0.255 e. The van der Waals surface area contributed by atoms with E-state index < -0.39 is 0 Å². The Morgan fingerprint density at radius 1 is 1.17 bits per heavy atom. The van der Waals surface area contributed by atoms with Crippen molar-refractivity contribution in [3.63, 3.8) is 0 Å². The van der Waals surface area contributed by atoms with E-state index in [1.807, 2.05) is 24.3 Å². The Hall–Kier alpha value is -2.84. The van der Waals surface area contributed by atoms with Crippen molar-refractivity contribution >= 4 is 11.8 Å². The summed E-state index contributed by atoms with van der Waals surface area (Å²) < 4.78 is 16.3. The van der Waals surface area contributed by atoms with Gasteiger partial charge in [0.25, 0.3) is 5.91 Å². The van der Waals surface area contributed by atoms with Crippen molar-refractivity contribution in [1.29, 1.82) is 0 Å². The van der Waals surface area contributed by atoms with Crippen LogP contribution in [0.5, 0.6) is 5.75 Å². The molecular weight excluding hydrogens is 374 g/mol. The Balaban J connectivity index is 1.37. The second kappa shape index (κ2) is 10.6. The number of morpholine rings is 1. The lowest BCUT2D eigenvalue weighted by Gasteiger charge is -2.26. The molecule has 0 saturated carbocycles. The lowest BCUT2D eigenvalue weighted by Crippen LogP contribution is -2.38. The van der Waals surface area contributed by atoms with Gasteiger partial charge in [0.1, 0.15) is 18.1 Å². The Bertz CT molecular complexity index is 814. The average Bonchev–Trinajstić information content (AvgIpc) is 3.17. The van der Waals surface area contributed by atoms with Crippen molar-refractivity contribution in [3.05, 3.63) is 53.5 Å². The van der Waals surface area contributed by atoms with E-state index in [9.17, 15) is 9.59 Å². The van der Waals surface area contributed by atoms with E-state index in [-0.39, 0.29) is 18.4 Å². The van der Waals surface area contributed by atoms with E-state index in [0.29, 0.717) is 24.5 Å². The molecule has 0 spiro atoms. The molecule has 1 aliphatic rings. The molecule has 3 rings (SSSR count). The number of rotatable bonds is 9. The number of carbonyl (C=O) groups excluding carboxylic acids is 2. The van der Waals surface area contributed by atoms with Crippen LogP contribution >= 0.6 is 0 Å². The zero-order chi connectivity index (χ0) is 20.5. The van der Waals surface area contributed by atoms with Crippen LogP contribution in [0.4, 0.5) is 0 Å². The molecule has 0 unspecified atom stereocenters. The molecule has 156 valence electrons. The first-order valence-electron chi connectivity index (χ1n) is 9.72. The van der Waals surface area contributed by atoms with Crippen molar-refractivity contribution in [1.82, 2.24) is 15.5 Å². The van der Waals surface area contributed by atoms with Gasteiger partial charge in [0.15, 0.2) is 0 Å². The molecule has 0 aliphatic carbocycles. The molecule has 8 heteroatoms. The third-order valence-corrected chi connectivity index (χ3v) is 4.68. The van der Waals surface area contributed by atoms with Gasteiger partial charge in [-0.15, -0.1) is 0 Å². The first kappa shape index (κ1) is 20.9. The number of hydrogen-bond donors (Lipinski definition) is 2. The quantitative estimate of drug-likeness (QED) is 0.659. The van der Waals surface area contributed by atoms with E-state index in [2.05, 4.69) is 15.5 Å². The van der Waals surface area contributed by atoms with Crippen LogP contribution in [0.1, 0.15) is 21.7 Å². The Kier molecular flexibility index (Phi) is 7.66. The van der Waals surface area contributed by atoms with Crippen molar-refractivity contribution < 1.29 is 23.5 Å². The second-order valence-corrected chi connectivity index (χ2v) is 6.80. The van der Waals surface area contributed by atoms with Crippen molar-refractivity contribution in [2.45, 2.75) is 13.5 Å². The molecule has 1 saturated heterocycles. The predicted molar refractivity (Wildman–Crippen MR) is 107 cm³/mol. The maximum absolute atomic E-state index is 12.0. The highest BCUT2D eigenvalue weighted by molar-refractivity contribution is 5.97. The molecule has 0 atom stereocenters. The molecule has 8 nitrogen and oxygen atoms in total. The molecule has 0 radical (unpaired) electrons. The third kappa shape index (κ3) is 6.62. The Morgan fingerprint density at radius 3 is 2.76 bits per heavy atom. The number of ether oxygens (including phenoxy) is 2. The van der Waals surface area contributed by atoms with Gasteiger partial charge in [0.2, 0.25) is 5.91 Å². The summed E-state index contributed by atoms with van der Waals surface area (Å²) in [7, 11) is 0. The van der Waals surface area contributed by atoms with Gasteiger partial charge in [-0.1, -0.05) is 12.1 Å². The monoisotopic (exact) mass is 401 g/mol. The van der Waals surface area contributed by atoms with Gasteiger partial charge in [-0.05, 0) is 30.7 Å². The number of nitrogens with one attached hydrogen (secondary N) is 2. The SMILES string of the molecule is Cc1occc1C(=O)NCC(=O)NCc1cccc(OCCN2CCOCC2)c1. The van der Waals surface area contributed by atoms with E-state index >= 15 is 0 Å². The van der Waals surface area contributed by atoms with Crippen LogP contribution in [0.2, 0.25) is 0 Å². The van der Waals surface area contributed by atoms with Crippen molar-refractivity contribution in [2.75, 3.05) is 46.0 Å². The van der Waals surface area contributed by atoms with Crippen LogP contribution in [0, 0.1) is 6.92 Å². The highest BCUT2D eigenvalue weighted by atomic mass is 16.5. The van der Waals surface area contributed by atoms with Crippen LogP contribution in [0.3, 0.4) is 0 Å².